The number of hydrogen-bond acceptors (Lipinski definition) is 2. The van der Waals surface area contributed by atoms with Crippen molar-refractivity contribution in [3.05, 3.63) is 0 Å². The van der Waals surface area contributed by atoms with Crippen LogP contribution in [-0.2, 0) is 0 Å². The molecule has 0 aliphatic heterocycles. The number of hydrogen-bond donors (Lipinski definition) is 1. The summed E-state index contributed by atoms with van der Waals surface area (Å²) < 4.78 is 0. The summed E-state index contributed by atoms with van der Waals surface area (Å²) in [6.45, 7) is 10.5. The summed E-state index contributed by atoms with van der Waals surface area (Å²) in [5.41, 5.74) is -0.338. The number of nitrogens with zero attached hydrogens (tertiary/aromatic N) is 1. The van der Waals surface area contributed by atoms with E-state index in [1.54, 1.807) is 0 Å². The highest BCUT2D eigenvalue weighted by atomic mass is 15.0. The van der Waals surface area contributed by atoms with Crippen LogP contribution >= 0.6 is 0 Å². The molecule has 2 nitrogen and oxygen atoms in total. The second kappa shape index (κ2) is 5.24. The first-order valence-corrected chi connectivity index (χ1v) is 5.21. The smallest absolute Gasteiger partial charge is 0.109 e. The molecule has 0 amide bonds. The van der Waals surface area contributed by atoms with Gasteiger partial charge >= 0.3 is 0 Å². The lowest BCUT2D eigenvalue weighted by Crippen LogP contribution is -2.51. The molecule has 2 unspecified atom stereocenters. The molecule has 1 N–H and O–H groups in total. The summed E-state index contributed by atoms with van der Waals surface area (Å²) in [5, 5.41) is 12.6. The average Bonchev–Trinajstić information content (AvgIpc) is 2.13. The summed E-state index contributed by atoms with van der Waals surface area (Å²) in [6.07, 6.45) is 1.93. The summed E-state index contributed by atoms with van der Waals surface area (Å²) in [5.74, 6) is 0.358. The Balaban J connectivity index is 4.51. The quantitative estimate of drug-likeness (QED) is 0.709. The summed E-state index contributed by atoms with van der Waals surface area (Å²) >= 11 is 0. The summed E-state index contributed by atoms with van der Waals surface area (Å²) in [7, 11) is 0. The van der Waals surface area contributed by atoms with Gasteiger partial charge in [-0.15, -0.1) is 0 Å². The Kier molecular flexibility index (Phi) is 5.02. The third-order valence-corrected chi connectivity index (χ3v) is 2.86. The first-order chi connectivity index (χ1) is 6.02. The number of nitriles is 1. The lowest BCUT2D eigenvalue weighted by molar-refractivity contribution is 0.269. The van der Waals surface area contributed by atoms with E-state index in [1.807, 2.05) is 0 Å². The normalized spacial score (nSPS) is 17.9. The van der Waals surface area contributed by atoms with E-state index in [4.69, 9.17) is 0 Å². The van der Waals surface area contributed by atoms with Gasteiger partial charge in [-0.25, -0.2) is 0 Å². The molecule has 0 aliphatic carbocycles. The van der Waals surface area contributed by atoms with E-state index in [0.717, 1.165) is 12.8 Å². The van der Waals surface area contributed by atoms with Crippen molar-refractivity contribution < 1.29 is 0 Å². The van der Waals surface area contributed by atoms with Gasteiger partial charge in [0, 0.05) is 6.04 Å². The molecule has 76 valence electrons. The Bertz CT molecular complexity index is 181. The van der Waals surface area contributed by atoms with Gasteiger partial charge in [-0.3, -0.25) is 5.32 Å². The van der Waals surface area contributed by atoms with Crippen molar-refractivity contribution >= 4 is 0 Å². The van der Waals surface area contributed by atoms with Crippen molar-refractivity contribution in [2.24, 2.45) is 5.92 Å². The standard InChI is InChI=1S/C11H22N2/c1-6-10(5)13-11(7-2,8-12)9(3)4/h9-10,13H,6-7H2,1-5H3. The van der Waals surface area contributed by atoms with Gasteiger partial charge in [0.15, 0.2) is 0 Å². The highest BCUT2D eigenvalue weighted by Gasteiger charge is 2.32. The minimum atomic E-state index is -0.338. The molecule has 0 saturated heterocycles. The SMILES string of the molecule is CCC(C)NC(C#N)(CC)C(C)C. The first kappa shape index (κ1) is 12.4. The zero-order valence-electron chi connectivity index (χ0n) is 9.52. The van der Waals surface area contributed by atoms with E-state index in [9.17, 15) is 5.26 Å². The van der Waals surface area contributed by atoms with Crippen LogP contribution in [0.4, 0.5) is 0 Å². The minimum Gasteiger partial charge on any atom is -0.297 e. The zero-order valence-corrected chi connectivity index (χ0v) is 9.52. The van der Waals surface area contributed by atoms with Crippen molar-refractivity contribution in [1.82, 2.24) is 5.32 Å². The van der Waals surface area contributed by atoms with Gasteiger partial charge in [0.25, 0.3) is 0 Å². The fourth-order valence-electron chi connectivity index (χ4n) is 1.46. The van der Waals surface area contributed by atoms with Crippen LogP contribution in [0.1, 0.15) is 47.5 Å². The fourth-order valence-corrected chi connectivity index (χ4v) is 1.46. The van der Waals surface area contributed by atoms with E-state index in [2.05, 4.69) is 46.0 Å². The third kappa shape index (κ3) is 3.00. The van der Waals surface area contributed by atoms with Crippen LogP contribution in [0.5, 0.6) is 0 Å². The number of nitrogens with one attached hydrogen (secondary N) is 1. The monoisotopic (exact) mass is 182 g/mol. The van der Waals surface area contributed by atoms with E-state index in [1.165, 1.54) is 0 Å². The molecular weight excluding hydrogens is 160 g/mol. The Labute approximate surface area is 82.3 Å². The summed E-state index contributed by atoms with van der Waals surface area (Å²) in [6, 6.07) is 2.84. The van der Waals surface area contributed by atoms with Crippen molar-refractivity contribution in [1.29, 1.82) is 5.26 Å². The predicted octanol–water partition coefficient (Wildman–Crippen LogP) is 2.70. The first-order valence-electron chi connectivity index (χ1n) is 5.21. The molecule has 0 aromatic rings. The van der Waals surface area contributed by atoms with Gasteiger partial charge in [0.1, 0.15) is 5.54 Å². The fraction of sp³-hybridized carbons (Fsp3) is 0.909. The molecule has 0 heterocycles. The van der Waals surface area contributed by atoms with Crippen LogP contribution in [0.2, 0.25) is 0 Å². The molecule has 0 rings (SSSR count). The average molecular weight is 182 g/mol. The zero-order chi connectivity index (χ0) is 10.5. The minimum absolute atomic E-state index is 0.338. The molecule has 0 fully saturated rings. The van der Waals surface area contributed by atoms with E-state index >= 15 is 0 Å². The van der Waals surface area contributed by atoms with Crippen LogP contribution in [0, 0.1) is 17.2 Å². The molecule has 0 spiro atoms. The Hall–Kier alpha value is -0.550. The highest BCUT2D eigenvalue weighted by molar-refractivity contribution is 5.09. The molecular formula is C11H22N2. The molecule has 13 heavy (non-hydrogen) atoms. The van der Waals surface area contributed by atoms with E-state index in [-0.39, 0.29) is 5.54 Å². The van der Waals surface area contributed by atoms with Crippen molar-refractivity contribution in [2.45, 2.75) is 59.0 Å². The Morgan fingerprint density at radius 1 is 1.31 bits per heavy atom. The predicted molar refractivity (Wildman–Crippen MR) is 56.4 cm³/mol. The topological polar surface area (TPSA) is 35.8 Å². The Morgan fingerprint density at radius 2 is 1.85 bits per heavy atom. The van der Waals surface area contributed by atoms with Crippen LogP contribution < -0.4 is 5.32 Å². The maximum absolute atomic E-state index is 9.18. The Morgan fingerprint density at radius 3 is 2.08 bits per heavy atom. The van der Waals surface area contributed by atoms with Crippen LogP contribution in [0.25, 0.3) is 0 Å². The second-order valence-corrected chi connectivity index (χ2v) is 4.05. The maximum Gasteiger partial charge on any atom is 0.109 e. The number of rotatable bonds is 5. The third-order valence-electron chi connectivity index (χ3n) is 2.86. The van der Waals surface area contributed by atoms with Gasteiger partial charge in [-0.05, 0) is 25.7 Å². The van der Waals surface area contributed by atoms with Crippen molar-refractivity contribution in [3.63, 3.8) is 0 Å². The lowest BCUT2D eigenvalue weighted by atomic mass is 9.84. The van der Waals surface area contributed by atoms with E-state index < -0.39 is 0 Å². The largest absolute Gasteiger partial charge is 0.297 e. The van der Waals surface area contributed by atoms with Gasteiger partial charge in [-0.2, -0.15) is 5.26 Å². The van der Waals surface area contributed by atoms with Crippen LogP contribution in [0.3, 0.4) is 0 Å². The molecule has 2 heteroatoms. The molecule has 0 aliphatic rings. The van der Waals surface area contributed by atoms with Gasteiger partial charge in [-0.1, -0.05) is 27.7 Å². The highest BCUT2D eigenvalue weighted by Crippen LogP contribution is 2.21. The van der Waals surface area contributed by atoms with Crippen molar-refractivity contribution in [2.75, 3.05) is 0 Å². The van der Waals surface area contributed by atoms with Crippen LogP contribution in [-0.4, -0.2) is 11.6 Å². The molecule has 2 atom stereocenters. The van der Waals surface area contributed by atoms with Gasteiger partial charge in [0.2, 0.25) is 0 Å². The van der Waals surface area contributed by atoms with Gasteiger partial charge < -0.3 is 0 Å². The summed E-state index contributed by atoms with van der Waals surface area (Å²) in [4.78, 5) is 0. The molecule has 0 aromatic carbocycles. The molecule has 0 saturated carbocycles. The van der Waals surface area contributed by atoms with Crippen molar-refractivity contribution in [3.8, 4) is 6.07 Å². The lowest BCUT2D eigenvalue weighted by Gasteiger charge is -2.33. The van der Waals surface area contributed by atoms with E-state index in [0.29, 0.717) is 12.0 Å². The second-order valence-electron chi connectivity index (χ2n) is 4.05. The molecule has 0 aromatic heterocycles. The molecule has 0 radical (unpaired) electrons. The maximum atomic E-state index is 9.18. The van der Waals surface area contributed by atoms with Crippen LogP contribution in [0.15, 0.2) is 0 Å². The molecule has 0 bridgehead atoms. The van der Waals surface area contributed by atoms with Gasteiger partial charge in [0.05, 0.1) is 6.07 Å².